The zero-order valence-electron chi connectivity index (χ0n) is 13.3. The Morgan fingerprint density at radius 3 is 2.58 bits per heavy atom. The lowest BCUT2D eigenvalue weighted by molar-refractivity contribution is -0.114. The van der Waals surface area contributed by atoms with Gasteiger partial charge in [-0.1, -0.05) is 51.3 Å². The average molecular weight is 262 g/mol. The van der Waals surface area contributed by atoms with Crippen LogP contribution in [0.3, 0.4) is 0 Å². The Morgan fingerprint density at radius 1 is 1.32 bits per heavy atom. The van der Waals surface area contributed by atoms with E-state index in [9.17, 15) is 4.79 Å². The standard InChI is InChI=1S/C18H30O/c1-14(2)8-6-10-16(19)11-12-17-15(3)9-7-13-18(17,4)5/h8,11-12,15,17H,6-7,9-10,13H2,1-5H3. The summed E-state index contributed by atoms with van der Waals surface area (Å²) in [6.45, 7) is 11.2. The maximum Gasteiger partial charge on any atom is 0.155 e. The van der Waals surface area contributed by atoms with E-state index in [-0.39, 0.29) is 5.78 Å². The van der Waals surface area contributed by atoms with Gasteiger partial charge in [0.1, 0.15) is 0 Å². The molecule has 1 fully saturated rings. The lowest BCUT2D eigenvalue weighted by Crippen LogP contribution is -2.32. The molecule has 0 N–H and O–H groups in total. The lowest BCUT2D eigenvalue weighted by Gasteiger charge is -2.41. The molecule has 0 amide bonds. The molecule has 2 atom stereocenters. The molecular weight excluding hydrogens is 232 g/mol. The van der Waals surface area contributed by atoms with Crippen LogP contribution in [0.5, 0.6) is 0 Å². The van der Waals surface area contributed by atoms with Crippen molar-refractivity contribution in [2.24, 2.45) is 17.3 Å². The first-order chi connectivity index (χ1) is 8.83. The van der Waals surface area contributed by atoms with Crippen molar-refractivity contribution in [1.82, 2.24) is 0 Å². The molecule has 0 radical (unpaired) electrons. The zero-order chi connectivity index (χ0) is 14.5. The lowest BCUT2D eigenvalue weighted by atomic mass is 9.64. The molecule has 0 spiro atoms. The van der Waals surface area contributed by atoms with Gasteiger partial charge in [0.25, 0.3) is 0 Å². The number of carbonyl (C=O) groups excluding carboxylic acids is 1. The molecule has 1 rings (SSSR count). The Kier molecular flexibility index (Phi) is 6.03. The predicted molar refractivity (Wildman–Crippen MR) is 83.1 cm³/mol. The molecule has 19 heavy (non-hydrogen) atoms. The van der Waals surface area contributed by atoms with Crippen molar-refractivity contribution in [2.75, 3.05) is 0 Å². The van der Waals surface area contributed by atoms with Gasteiger partial charge in [-0.3, -0.25) is 4.79 Å². The molecule has 1 aliphatic rings. The second-order valence-electron chi connectivity index (χ2n) is 7.03. The van der Waals surface area contributed by atoms with Gasteiger partial charge in [0.2, 0.25) is 0 Å². The first kappa shape index (κ1) is 16.2. The third kappa shape index (κ3) is 5.34. The normalized spacial score (nSPS) is 26.4. The summed E-state index contributed by atoms with van der Waals surface area (Å²) >= 11 is 0. The molecule has 2 unspecified atom stereocenters. The number of hydrogen-bond acceptors (Lipinski definition) is 1. The average Bonchev–Trinajstić information content (AvgIpc) is 2.26. The van der Waals surface area contributed by atoms with Crippen LogP contribution in [0.2, 0.25) is 0 Å². The summed E-state index contributed by atoms with van der Waals surface area (Å²) in [4.78, 5) is 11.9. The molecule has 0 aromatic heterocycles. The predicted octanol–water partition coefficient (Wildman–Crippen LogP) is 5.32. The molecule has 1 aliphatic carbocycles. The molecular formula is C18H30O. The van der Waals surface area contributed by atoms with E-state index in [4.69, 9.17) is 0 Å². The van der Waals surface area contributed by atoms with Crippen LogP contribution >= 0.6 is 0 Å². The van der Waals surface area contributed by atoms with E-state index in [1.54, 1.807) is 0 Å². The van der Waals surface area contributed by atoms with E-state index < -0.39 is 0 Å². The molecule has 1 heteroatoms. The smallest absolute Gasteiger partial charge is 0.155 e. The second kappa shape index (κ2) is 7.07. The van der Waals surface area contributed by atoms with Gasteiger partial charge >= 0.3 is 0 Å². The highest BCUT2D eigenvalue weighted by Crippen LogP contribution is 2.44. The van der Waals surface area contributed by atoms with E-state index in [0.29, 0.717) is 23.7 Å². The third-order valence-corrected chi connectivity index (χ3v) is 4.43. The Labute approximate surface area is 119 Å². The van der Waals surface area contributed by atoms with E-state index in [1.165, 1.54) is 24.8 Å². The van der Waals surface area contributed by atoms with Gasteiger partial charge in [0.15, 0.2) is 5.78 Å². The largest absolute Gasteiger partial charge is 0.295 e. The van der Waals surface area contributed by atoms with Crippen LogP contribution in [0.4, 0.5) is 0 Å². The number of hydrogen-bond donors (Lipinski definition) is 0. The van der Waals surface area contributed by atoms with Gasteiger partial charge < -0.3 is 0 Å². The second-order valence-corrected chi connectivity index (χ2v) is 7.03. The minimum atomic E-state index is 0.270. The van der Waals surface area contributed by atoms with Gasteiger partial charge in [-0.15, -0.1) is 0 Å². The first-order valence-corrected chi connectivity index (χ1v) is 7.67. The third-order valence-electron chi connectivity index (χ3n) is 4.43. The molecule has 0 saturated heterocycles. The van der Waals surface area contributed by atoms with Crippen LogP contribution < -0.4 is 0 Å². The summed E-state index contributed by atoms with van der Waals surface area (Å²) in [6, 6.07) is 0. The molecule has 1 saturated carbocycles. The number of rotatable bonds is 5. The Bertz CT molecular complexity index is 356. The summed E-state index contributed by atoms with van der Waals surface area (Å²) < 4.78 is 0. The van der Waals surface area contributed by atoms with Crippen LogP contribution in [0, 0.1) is 17.3 Å². The highest BCUT2D eigenvalue weighted by atomic mass is 16.1. The van der Waals surface area contributed by atoms with Crippen LogP contribution in [0.1, 0.15) is 66.7 Å². The van der Waals surface area contributed by atoms with Crippen LogP contribution in [-0.2, 0) is 4.79 Å². The fourth-order valence-electron chi connectivity index (χ4n) is 3.24. The summed E-state index contributed by atoms with van der Waals surface area (Å²) in [7, 11) is 0. The molecule has 0 heterocycles. The van der Waals surface area contributed by atoms with Gasteiger partial charge in [0.05, 0.1) is 0 Å². The Hall–Kier alpha value is -0.850. The quantitative estimate of drug-likeness (QED) is 0.484. The van der Waals surface area contributed by atoms with Crippen LogP contribution in [0.15, 0.2) is 23.8 Å². The molecule has 0 aromatic rings. The SMILES string of the molecule is CC(C)=CCCC(=O)C=CC1C(C)CCCC1(C)C. The monoisotopic (exact) mass is 262 g/mol. The highest BCUT2D eigenvalue weighted by molar-refractivity contribution is 5.89. The molecule has 0 bridgehead atoms. The van der Waals surface area contributed by atoms with Gasteiger partial charge in [-0.25, -0.2) is 0 Å². The topological polar surface area (TPSA) is 17.1 Å². The maximum absolute atomic E-state index is 11.9. The number of ketones is 1. The minimum absolute atomic E-state index is 0.270. The Morgan fingerprint density at radius 2 is 2.00 bits per heavy atom. The maximum atomic E-state index is 11.9. The molecule has 0 aliphatic heterocycles. The molecule has 0 aromatic carbocycles. The van der Waals surface area contributed by atoms with Crippen molar-refractivity contribution in [3.63, 3.8) is 0 Å². The van der Waals surface area contributed by atoms with Crippen molar-refractivity contribution in [3.8, 4) is 0 Å². The van der Waals surface area contributed by atoms with Crippen molar-refractivity contribution in [2.45, 2.75) is 66.7 Å². The number of allylic oxidation sites excluding steroid dienone is 4. The summed E-state index contributed by atoms with van der Waals surface area (Å²) in [5.74, 6) is 1.52. The van der Waals surface area contributed by atoms with Crippen molar-refractivity contribution in [3.05, 3.63) is 23.8 Å². The number of carbonyl (C=O) groups is 1. The van der Waals surface area contributed by atoms with Gasteiger partial charge in [-0.2, -0.15) is 0 Å². The summed E-state index contributed by atoms with van der Waals surface area (Å²) in [5.41, 5.74) is 1.63. The van der Waals surface area contributed by atoms with Crippen LogP contribution in [0.25, 0.3) is 0 Å². The molecule has 1 nitrogen and oxygen atoms in total. The van der Waals surface area contributed by atoms with E-state index in [2.05, 4.69) is 46.8 Å². The fraction of sp³-hybridized carbons (Fsp3) is 0.722. The van der Waals surface area contributed by atoms with Crippen molar-refractivity contribution < 1.29 is 4.79 Å². The summed E-state index contributed by atoms with van der Waals surface area (Å²) in [5, 5.41) is 0. The first-order valence-electron chi connectivity index (χ1n) is 7.67. The molecule has 108 valence electrons. The van der Waals surface area contributed by atoms with E-state index in [0.717, 1.165) is 6.42 Å². The van der Waals surface area contributed by atoms with Crippen molar-refractivity contribution >= 4 is 5.78 Å². The van der Waals surface area contributed by atoms with E-state index >= 15 is 0 Å². The minimum Gasteiger partial charge on any atom is -0.295 e. The zero-order valence-corrected chi connectivity index (χ0v) is 13.3. The fourth-order valence-corrected chi connectivity index (χ4v) is 3.24. The van der Waals surface area contributed by atoms with Gasteiger partial charge in [-0.05, 0) is 50.0 Å². The van der Waals surface area contributed by atoms with Crippen molar-refractivity contribution in [1.29, 1.82) is 0 Å². The van der Waals surface area contributed by atoms with Crippen LogP contribution in [-0.4, -0.2) is 5.78 Å². The van der Waals surface area contributed by atoms with E-state index in [1.807, 2.05) is 6.08 Å². The highest BCUT2D eigenvalue weighted by Gasteiger charge is 2.34. The van der Waals surface area contributed by atoms with Gasteiger partial charge in [0, 0.05) is 6.42 Å². The Balaban J connectivity index is 2.54. The summed E-state index contributed by atoms with van der Waals surface area (Å²) in [6.07, 6.45) is 11.6.